The zero-order valence-electron chi connectivity index (χ0n) is 12.6. The lowest BCUT2D eigenvalue weighted by molar-refractivity contribution is -0.173. The number of esters is 1. The molecule has 1 aromatic rings. The minimum atomic E-state index is -0.492. The highest BCUT2D eigenvalue weighted by Gasteiger charge is 2.41. The van der Waals surface area contributed by atoms with E-state index >= 15 is 0 Å². The molecule has 0 amide bonds. The van der Waals surface area contributed by atoms with E-state index in [4.69, 9.17) is 9.47 Å². The topological polar surface area (TPSA) is 35.5 Å². The third-order valence-electron chi connectivity index (χ3n) is 4.21. The van der Waals surface area contributed by atoms with Gasteiger partial charge in [0.05, 0.1) is 12.0 Å². The Kier molecular flexibility index (Phi) is 4.86. The Balaban J connectivity index is 2.25. The van der Waals surface area contributed by atoms with Crippen molar-refractivity contribution in [1.82, 2.24) is 0 Å². The van der Waals surface area contributed by atoms with Crippen molar-refractivity contribution in [2.45, 2.75) is 52.1 Å². The molecule has 0 aliphatic carbocycles. The summed E-state index contributed by atoms with van der Waals surface area (Å²) in [6.07, 6.45) is 3.30. The molecule has 1 saturated heterocycles. The number of hydrogen-bond acceptors (Lipinski definition) is 4. The van der Waals surface area contributed by atoms with Gasteiger partial charge in [0.2, 0.25) is 0 Å². The van der Waals surface area contributed by atoms with Gasteiger partial charge in [-0.05, 0) is 44.6 Å². The molecule has 2 rings (SSSR count). The molecule has 1 fully saturated rings. The van der Waals surface area contributed by atoms with Gasteiger partial charge < -0.3 is 9.47 Å². The summed E-state index contributed by atoms with van der Waals surface area (Å²) in [5, 5.41) is 2.04. The van der Waals surface area contributed by atoms with Crippen LogP contribution in [0.3, 0.4) is 0 Å². The van der Waals surface area contributed by atoms with Crippen LogP contribution in [-0.2, 0) is 19.9 Å². The predicted octanol–water partition coefficient (Wildman–Crippen LogP) is 4.12. The number of hydrogen-bond donors (Lipinski definition) is 0. The molecule has 0 N–H and O–H groups in total. The van der Waals surface area contributed by atoms with Crippen molar-refractivity contribution in [3.8, 4) is 0 Å². The first-order chi connectivity index (χ1) is 9.50. The molecule has 2 heterocycles. The van der Waals surface area contributed by atoms with Gasteiger partial charge in [0.1, 0.15) is 5.60 Å². The van der Waals surface area contributed by atoms with Crippen molar-refractivity contribution in [2.75, 3.05) is 13.2 Å². The van der Waals surface area contributed by atoms with Crippen LogP contribution in [0.25, 0.3) is 0 Å². The van der Waals surface area contributed by atoms with Gasteiger partial charge in [0.25, 0.3) is 0 Å². The van der Waals surface area contributed by atoms with Crippen LogP contribution in [0.1, 0.15) is 51.3 Å². The molecule has 20 heavy (non-hydrogen) atoms. The van der Waals surface area contributed by atoms with E-state index in [1.807, 2.05) is 32.2 Å². The van der Waals surface area contributed by atoms with E-state index in [-0.39, 0.29) is 5.97 Å². The summed E-state index contributed by atoms with van der Waals surface area (Å²) in [6.45, 7) is 7.32. The van der Waals surface area contributed by atoms with Crippen molar-refractivity contribution in [2.24, 2.45) is 5.41 Å². The van der Waals surface area contributed by atoms with Crippen LogP contribution in [0, 0.1) is 5.41 Å². The summed E-state index contributed by atoms with van der Waals surface area (Å²) in [7, 11) is 0. The lowest BCUT2D eigenvalue weighted by Gasteiger charge is -2.34. The number of carbonyl (C=O) groups is 1. The molecule has 112 valence electrons. The fourth-order valence-electron chi connectivity index (χ4n) is 2.32. The maximum atomic E-state index is 12.5. The molecular weight excluding hydrogens is 272 g/mol. The molecule has 0 aromatic carbocycles. The fraction of sp³-hybridized carbons (Fsp3) is 0.688. The standard InChI is InChI=1S/C16H24O3S/c1-4-15(2,3)14(17)19-16(13-7-5-12-20-13)8-6-10-18-11-9-16/h5,7,12H,4,6,8-11H2,1-3H3. The molecule has 1 aromatic heterocycles. The molecule has 1 atom stereocenters. The number of ether oxygens (including phenoxy) is 2. The minimum Gasteiger partial charge on any atom is -0.453 e. The van der Waals surface area contributed by atoms with Crippen LogP contribution in [-0.4, -0.2) is 19.2 Å². The van der Waals surface area contributed by atoms with Gasteiger partial charge in [0, 0.05) is 17.9 Å². The first kappa shape index (κ1) is 15.5. The number of carbonyl (C=O) groups excluding carboxylic acids is 1. The summed E-state index contributed by atoms with van der Waals surface area (Å²) in [5.74, 6) is -0.102. The Morgan fingerprint density at radius 1 is 1.45 bits per heavy atom. The second-order valence-electron chi connectivity index (χ2n) is 6.06. The summed E-state index contributed by atoms with van der Waals surface area (Å²) in [5.41, 5.74) is -0.925. The first-order valence-corrected chi connectivity index (χ1v) is 8.23. The van der Waals surface area contributed by atoms with E-state index in [1.54, 1.807) is 11.3 Å². The van der Waals surface area contributed by atoms with Crippen molar-refractivity contribution in [3.05, 3.63) is 22.4 Å². The Morgan fingerprint density at radius 2 is 2.25 bits per heavy atom. The normalized spacial score (nSPS) is 24.1. The third-order valence-corrected chi connectivity index (χ3v) is 5.27. The van der Waals surface area contributed by atoms with Crippen LogP contribution in [0.4, 0.5) is 0 Å². The molecule has 3 nitrogen and oxygen atoms in total. The molecule has 1 aliphatic heterocycles. The predicted molar refractivity (Wildman–Crippen MR) is 80.8 cm³/mol. The molecule has 1 unspecified atom stereocenters. The zero-order chi connectivity index (χ0) is 14.6. The maximum Gasteiger partial charge on any atom is 0.312 e. The zero-order valence-corrected chi connectivity index (χ0v) is 13.4. The Labute approximate surface area is 125 Å². The molecule has 0 saturated carbocycles. The van der Waals surface area contributed by atoms with Crippen LogP contribution in [0.15, 0.2) is 17.5 Å². The average molecular weight is 296 g/mol. The van der Waals surface area contributed by atoms with Gasteiger partial charge in [-0.1, -0.05) is 13.0 Å². The molecule has 4 heteroatoms. The Bertz CT molecular complexity index is 429. The summed E-state index contributed by atoms with van der Waals surface area (Å²) in [6, 6.07) is 4.09. The highest BCUT2D eigenvalue weighted by molar-refractivity contribution is 7.10. The van der Waals surface area contributed by atoms with Crippen LogP contribution >= 0.6 is 11.3 Å². The summed E-state index contributed by atoms with van der Waals surface area (Å²) < 4.78 is 11.6. The summed E-state index contributed by atoms with van der Waals surface area (Å²) >= 11 is 1.66. The van der Waals surface area contributed by atoms with Gasteiger partial charge in [-0.2, -0.15) is 0 Å². The van der Waals surface area contributed by atoms with Gasteiger partial charge in [-0.15, -0.1) is 11.3 Å². The van der Waals surface area contributed by atoms with Crippen LogP contribution in [0.5, 0.6) is 0 Å². The first-order valence-electron chi connectivity index (χ1n) is 7.35. The lowest BCUT2D eigenvalue weighted by atomic mass is 9.88. The lowest BCUT2D eigenvalue weighted by Crippen LogP contribution is -2.37. The van der Waals surface area contributed by atoms with Crippen molar-refractivity contribution < 1.29 is 14.3 Å². The van der Waals surface area contributed by atoms with Gasteiger partial charge >= 0.3 is 5.97 Å². The average Bonchev–Trinajstić information content (AvgIpc) is 2.87. The number of thiophene rings is 1. The third kappa shape index (κ3) is 3.23. The SMILES string of the molecule is CCC(C)(C)C(=O)OC1(c2cccs2)CCCOCC1. The van der Waals surface area contributed by atoms with Crippen molar-refractivity contribution >= 4 is 17.3 Å². The minimum absolute atomic E-state index is 0.102. The van der Waals surface area contributed by atoms with E-state index in [2.05, 4.69) is 6.07 Å². The fourth-order valence-corrected chi connectivity index (χ4v) is 3.24. The van der Waals surface area contributed by atoms with Crippen molar-refractivity contribution in [3.63, 3.8) is 0 Å². The van der Waals surface area contributed by atoms with E-state index in [1.165, 1.54) is 0 Å². The van der Waals surface area contributed by atoms with E-state index in [0.29, 0.717) is 6.61 Å². The molecule has 0 bridgehead atoms. The molecular formula is C16H24O3S. The smallest absolute Gasteiger partial charge is 0.312 e. The largest absolute Gasteiger partial charge is 0.453 e. The Morgan fingerprint density at radius 3 is 2.90 bits per heavy atom. The quantitative estimate of drug-likeness (QED) is 0.784. The second-order valence-corrected chi connectivity index (χ2v) is 7.01. The monoisotopic (exact) mass is 296 g/mol. The number of rotatable bonds is 4. The summed E-state index contributed by atoms with van der Waals surface area (Å²) in [4.78, 5) is 13.7. The molecule has 0 radical (unpaired) electrons. The second kappa shape index (κ2) is 6.27. The van der Waals surface area contributed by atoms with Crippen molar-refractivity contribution in [1.29, 1.82) is 0 Å². The molecule has 1 aliphatic rings. The van der Waals surface area contributed by atoms with Gasteiger partial charge in [0.15, 0.2) is 0 Å². The van der Waals surface area contributed by atoms with Crippen LogP contribution in [0.2, 0.25) is 0 Å². The highest BCUT2D eigenvalue weighted by atomic mass is 32.1. The van der Waals surface area contributed by atoms with E-state index in [0.717, 1.165) is 37.2 Å². The van der Waals surface area contributed by atoms with Gasteiger partial charge in [-0.25, -0.2) is 0 Å². The highest BCUT2D eigenvalue weighted by Crippen LogP contribution is 2.40. The van der Waals surface area contributed by atoms with E-state index < -0.39 is 11.0 Å². The maximum absolute atomic E-state index is 12.5. The van der Waals surface area contributed by atoms with Gasteiger partial charge in [-0.3, -0.25) is 4.79 Å². The van der Waals surface area contributed by atoms with E-state index in [9.17, 15) is 4.79 Å². The molecule has 0 spiro atoms. The Hall–Kier alpha value is -0.870. The van der Waals surface area contributed by atoms with Crippen LogP contribution < -0.4 is 0 Å².